The fourth-order valence-electron chi connectivity index (χ4n) is 9.06. The van der Waals surface area contributed by atoms with Crippen LogP contribution in [0.4, 0.5) is 9.59 Å². The Bertz CT molecular complexity index is 2250. The van der Waals surface area contributed by atoms with Gasteiger partial charge in [-0.15, -0.1) is 0 Å². The number of imidazole rings is 1. The third-order valence-corrected chi connectivity index (χ3v) is 12.3. The third kappa shape index (κ3) is 8.83. The summed E-state index contributed by atoms with van der Waals surface area (Å²) < 4.78 is 9.61. The predicted molar refractivity (Wildman–Crippen MR) is 232 cm³/mol. The van der Waals surface area contributed by atoms with Crippen molar-refractivity contribution in [1.82, 2.24) is 30.4 Å². The Morgan fingerprint density at radius 2 is 1.15 bits per heavy atom. The van der Waals surface area contributed by atoms with E-state index in [0.717, 1.165) is 58.6 Å². The minimum Gasteiger partial charge on any atom is -0.453 e. The van der Waals surface area contributed by atoms with Crippen LogP contribution in [-0.2, 0) is 25.5 Å². The smallest absolute Gasteiger partial charge is 0.407 e. The molecule has 7 rings (SSSR count). The van der Waals surface area contributed by atoms with Crippen molar-refractivity contribution in [3.63, 3.8) is 0 Å². The molecule has 0 radical (unpaired) electrons. The highest BCUT2D eigenvalue weighted by Gasteiger charge is 2.42. The number of nitrogens with one attached hydrogen (secondary N) is 3. The number of H-pyrrole nitrogens is 1. The zero-order chi connectivity index (χ0) is 42.8. The molecule has 2 fully saturated rings. The molecule has 3 heterocycles. The van der Waals surface area contributed by atoms with Gasteiger partial charge in [0.2, 0.25) is 11.8 Å². The summed E-state index contributed by atoms with van der Waals surface area (Å²) in [7, 11) is 2.61. The van der Waals surface area contributed by atoms with Gasteiger partial charge in [-0.05, 0) is 87.5 Å². The number of likely N-dealkylation sites (tertiary alicyclic amines) is 2. The maximum atomic E-state index is 13.8. The van der Waals surface area contributed by atoms with Gasteiger partial charge in [0.1, 0.15) is 17.9 Å². The summed E-state index contributed by atoms with van der Waals surface area (Å²) in [5.41, 5.74) is 10.0. The molecule has 0 unspecified atom stereocenters. The van der Waals surface area contributed by atoms with Crippen LogP contribution in [0.15, 0.2) is 78.5 Å². The van der Waals surface area contributed by atoms with Crippen molar-refractivity contribution in [2.24, 2.45) is 23.7 Å². The van der Waals surface area contributed by atoms with Crippen LogP contribution < -0.4 is 10.6 Å². The number of amides is 4. The number of carbonyl (C=O) groups excluding carboxylic acids is 4. The number of ether oxygens (including phenoxy) is 2. The van der Waals surface area contributed by atoms with Crippen LogP contribution in [0.5, 0.6) is 0 Å². The first kappa shape index (κ1) is 42.2. The fraction of sp³-hybridized carbons (Fsp3) is 0.438. The average Bonchev–Trinajstić information content (AvgIpc) is 4.06. The van der Waals surface area contributed by atoms with Crippen LogP contribution in [0.25, 0.3) is 39.6 Å². The summed E-state index contributed by atoms with van der Waals surface area (Å²) in [4.78, 5) is 63.7. The molecule has 2 aliphatic heterocycles. The molecule has 0 saturated carbocycles. The number of carbonyl (C=O) groups is 4. The first-order valence-electron chi connectivity index (χ1n) is 21.1. The molecule has 3 N–H and O–H groups in total. The highest BCUT2D eigenvalue weighted by atomic mass is 16.5. The number of fused-ring (bicyclic) bond motifs is 1. The number of aromatic nitrogens is 2. The summed E-state index contributed by atoms with van der Waals surface area (Å²) in [6.07, 6.45) is 5.31. The molecule has 12 heteroatoms. The lowest BCUT2D eigenvalue weighted by molar-refractivity contribution is -0.136. The number of rotatable bonds is 11. The van der Waals surface area contributed by atoms with E-state index in [1.807, 2.05) is 43.7 Å². The topological polar surface area (TPSA) is 146 Å². The standard InChI is InChI=1S/C48H58N6O6/c1-27(2)42(51-47(57)59-7)45(55)53-25-29(5)19-40(53)38-22-36-18-17-35(21-37(36)23-38)33-11-9-31(10-12-33)32-13-15-34(16-14-32)39-24-49-44(50-39)41-20-30(6)26-54(41)46(56)43(28(3)4)52-48(58)60-8/h9-18,21-22,24,27-30,40-43H,19-20,23,25-26H2,1-8H3,(H,49,50)(H,51,57)(H,52,58)/t29-,30-,40-,41-,42-,43-/m0/s1. The van der Waals surface area contributed by atoms with Crippen LogP contribution in [-0.4, -0.2) is 89.2 Å². The Hall–Kier alpha value is -5.91. The molecule has 0 spiro atoms. The zero-order valence-corrected chi connectivity index (χ0v) is 36.0. The summed E-state index contributed by atoms with van der Waals surface area (Å²) in [5, 5.41) is 5.48. The van der Waals surface area contributed by atoms with Gasteiger partial charge in [0.05, 0.1) is 38.2 Å². The van der Waals surface area contributed by atoms with Crippen LogP contribution in [0.2, 0.25) is 0 Å². The molecule has 0 bridgehead atoms. The highest BCUT2D eigenvalue weighted by molar-refractivity contribution is 5.88. The maximum absolute atomic E-state index is 13.8. The highest BCUT2D eigenvalue weighted by Crippen LogP contribution is 2.39. The molecule has 60 heavy (non-hydrogen) atoms. The molecular formula is C48H58N6O6. The molecular weight excluding hydrogens is 757 g/mol. The van der Waals surface area contributed by atoms with E-state index in [0.29, 0.717) is 19.0 Å². The molecule has 4 amide bonds. The van der Waals surface area contributed by atoms with E-state index < -0.39 is 24.3 Å². The summed E-state index contributed by atoms with van der Waals surface area (Å²) >= 11 is 0. The van der Waals surface area contributed by atoms with E-state index in [1.54, 1.807) is 0 Å². The number of nitrogens with zero attached hydrogens (tertiary/aromatic N) is 3. The average molecular weight is 815 g/mol. The lowest BCUT2D eigenvalue weighted by atomic mass is 9.96. The summed E-state index contributed by atoms with van der Waals surface area (Å²) in [6.45, 7) is 13.3. The number of methoxy groups -OCH3 is 2. The van der Waals surface area contributed by atoms with Crippen LogP contribution >= 0.6 is 0 Å². The first-order chi connectivity index (χ1) is 28.7. The summed E-state index contributed by atoms with van der Waals surface area (Å²) in [6, 6.07) is 22.1. The minimum atomic E-state index is -0.694. The van der Waals surface area contributed by atoms with Gasteiger partial charge in [-0.25, -0.2) is 14.6 Å². The van der Waals surface area contributed by atoms with E-state index in [1.165, 1.54) is 30.9 Å². The third-order valence-electron chi connectivity index (χ3n) is 12.3. The maximum Gasteiger partial charge on any atom is 0.407 e. The molecule has 6 atom stereocenters. The lowest BCUT2D eigenvalue weighted by Gasteiger charge is -2.31. The minimum absolute atomic E-state index is 0.0111. The van der Waals surface area contributed by atoms with Crippen LogP contribution in [0, 0.1) is 23.7 Å². The van der Waals surface area contributed by atoms with E-state index in [-0.39, 0.29) is 41.7 Å². The second-order valence-electron chi connectivity index (χ2n) is 17.6. The molecule has 316 valence electrons. The van der Waals surface area contributed by atoms with Crippen molar-refractivity contribution >= 4 is 30.1 Å². The molecule has 12 nitrogen and oxygen atoms in total. The largest absolute Gasteiger partial charge is 0.453 e. The van der Waals surface area contributed by atoms with E-state index in [4.69, 9.17) is 14.5 Å². The quantitative estimate of drug-likeness (QED) is 0.138. The fourth-order valence-corrected chi connectivity index (χ4v) is 9.06. The van der Waals surface area contributed by atoms with E-state index in [2.05, 4.69) is 102 Å². The Morgan fingerprint density at radius 1 is 0.683 bits per heavy atom. The van der Waals surface area contributed by atoms with Crippen molar-refractivity contribution < 1.29 is 28.7 Å². The van der Waals surface area contributed by atoms with Gasteiger partial charge in [-0.3, -0.25) is 9.59 Å². The SMILES string of the molecule is COC(=O)N[C@H](C(=O)N1C[C@@H](C)C[C@H]1C1=Cc2ccc(-c3ccc(-c4ccc(-c5cnc([C@@H]6C[C@H](C)CN6C(=O)[C@@H](NC(=O)OC)C(C)C)[nH]5)cc4)cc3)cc2C1)C(C)C. The molecule has 2 saturated heterocycles. The van der Waals surface area contributed by atoms with Crippen molar-refractivity contribution in [3.05, 3.63) is 95.5 Å². The zero-order valence-electron chi connectivity index (χ0n) is 36.0. The second kappa shape index (κ2) is 17.7. The summed E-state index contributed by atoms with van der Waals surface area (Å²) in [5.74, 6) is 1.00. The van der Waals surface area contributed by atoms with Gasteiger partial charge in [0.15, 0.2) is 0 Å². The second-order valence-corrected chi connectivity index (χ2v) is 17.6. The van der Waals surface area contributed by atoms with Gasteiger partial charge in [-0.1, -0.05) is 114 Å². The molecule has 1 aromatic heterocycles. The Labute approximate surface area is 353 Å². The van der Waals surface area contributed by atoms with Gasteiger partial charge < -0.3 is 34.9 Å². The normalized spacial score (nSPS) is 20.8. The van der Waals surface area contributed by atoms with Crippen molar-refractivity contribution in [3.8, 4) is 33.5 Å². The molecule has 4 aromatic rings. The number of hydrogen-bond acceptors (Lipinski definition) is 7. The molecule has 3 aromatic carbocycles. The first-order valence-corrected chi connectivity index (χ1v) is 21.1. The number of aromatic amines is 1. The van der Waals surface area contributed by atoms with Gasteiger partial charge >= 0.3 is 12.2 Å². The van der Waals surface area contributed by atoms with Gasteiger partial charge in [0.25, 0.3) is 0 Å². The van der Waals surface area contributed by atoms with Gasteiger partial charge in [-0.2, -0.15) is 0 Å². The molecule has 3 aliphatic rings. The van der Waals surface area contributed by atoms with E-state index >= 15 is 0 Å². The van der Waals surface area contributed by atoms with Crippen molar-refractivity contribution in [2.75, 3.05) is 27.3 Å². The number of benzene rings is 3. The predicted octanol–water partition coefficient (Wildman–Crippen LogP) is 8.26. The van der Waals surface area contributed by atoms with Crippen molar-refractivity contribution in [1.29, 1.82) is 0 Å². The lowest BCUT2D eigenvalue weighted by Crippen LogP contribution is -2.52. The van der Waals surface area contributed by atoms with E-state index in [9.17, 15) is 19.2 Å². The van der Waals surface area contributed by atoms with Crippen LogP contribution in [0.3, 0.4) is 0 Å². The van der Waals surface area contributed by atoms with Crippen LogP contribution in [0.1, 0.15) is 77.4 Å². The Balaban J connectivity index is 1.00. The van der Waals surface area contributed by atoms with Crippen molar-refractivity contribution in [2.45, 2.75) is 85.0 Å². The molecule has 1 aliphatic carbocycles. The Kier molecular flexibility index (Phi) is 12.5. The number of alkyl carbamates (subject to hydrolysis) is 2. The monoisotopic (exact) mass is 814 g/mol. The number of hydrogen-bond donors (Lipinski definition) is 3. The Morgan fingerprint density at radius 3 is 1.67 bits per heavy atom. The van der Waals surface area contributed by atoms with Gasteiger partial charge in [0, 0.05) is 13.1 Å².